The van der Waals surface area contributed by atoms with Crippen LogP contribution < -0.4 is 0 Å². The van der Waals surface area contributed by atoms with Crippen LogP contribution in [0.3, 0.4) is 0 Å². The summed E-state index contributed by atoms with van der Waals surface area (Å²) in [5.74, 6) is 3.17. The first-order chi connectivity index (χ1) is 13.7. The van der Waals surface area contributed by atoms with Gasteiger partial charge in [0.2, 0.25) is 0 Å². The van der Waals surface area contributed by atoms with Gasteiger partial charge >= 0.3 is 0 Å². The fourth-order valence-corrected chi connectivity index (χ4v) is 9.27. The average Bonchev–Trinajstić information content (AvgIpc) is 3.01. The molecule has 0 unspecified atom stereocenters. The highest BCUT2D eigenvalue weighted by atomic mass is 16.3. The lowest BCUT2D eigenvalue weighted by Crippen LogP contribution is -2.63. The first kappa shape index (κ1) is 21.4. The van der Waals surface area contributed by atoms with E-state index in [1.807, 2.05) is 6.08 Å². The quantitative estimate of drug-likeness (QED) is 0.616. The molecule has 0 aromatic heterocycles. The van der Waals surface area contributed by atoms with Gasteiger partial charge < -0.3 is 10.2 Å². The summed E-state index contributed by atoms with van der Waals surface area (Å²) in [6.45, 7) is 11.2. The zero-order chi connectivity index (χ0) is 21.0. The van der Waals surface area contributed by atoms with Crippen molar-refractivity contribution < 1.29 is 10.2 Å². The van der Waals surface area contributed by atoms with E-state index in [4.69, 9.17) is 0 Å². The molecule has 4 aliphatic carbocycles. The Balaban J connectivity index is 1.68. The second-order valence-electron chi connectivity index (χ2n) is 11.7. The van der Waals surface area contributed by atoms with Gasteiger partial charge in [0.15, 0.2) is 0 Å². The summed E-state index contributed by atoms with van der Waals surface area (Å²) in [4.78, 5) is 0. The summed E-state index contributed by atoms with van der Waals surface area (Å²) in [5, 5.41) is 31.6. The number of nitriles is 1. The van der Waals surface area contributed by atoms with E-state index in [0.29, 0.717) is 47.8 Å². The number of aliphatic hydroxyl groups is 2. The van der Waals surface area contributed by atoms with Crippen molar-refractivity contribution in [3.05, 3.63) is 12.7 Å². The van der Waals surface area contributed by atoms with E-state index in [0.717, 1.165) is 25.7 Å². The van der Waals surface area contributed by atoms with Crippen LogP contribution in [0.5, 0.6) is 0 Å². The first-order valence-electron chi connectivity index (χ1n) is 12.1. The molecule has 0 spiro atoms. The van der Waals surface area contributed by atoms with Crippen molar-refractivity contribution in [1.82, 2.24) is 0 Å². The van der Waals surface area contributed by atoms with Gasteiger partial charge in [-0.15, -0.1) is 6.58 Å². The Hall–Kier alpha value is -0.850. The van der Waals surface area contributed by atoms with Crippen LogP contribution in [0.25, 0.3) is 0 Å². The maximum absolute atomic E-state index is 11.9. The van der Waals surface area contributed by atoms with E-state index in [1.165, 1.54) is 25.7 Å². The maximum atomic E-state index is 11.9. The standard InChI is InChI=1S/C26H41NO2/c1-5-11-26(29)16-19-21-7-6-20(17(2)10-14-27)24(21,3)13-9-22(19)25(4)12-8-18(28)15-23(25)26/h5,17-23,28-29H,1,6-13,15-16H2,2-4H3/t17-,18-,19+,20-,21+,22+,23-,24-,25-,26-/m1/s1. The molecular formula is C26H41NO2. The SMILES string of the molecule is C=CC[C@@]1(O)C[C@H]2[C@@H]3CC[C@H]([C@H](C)CC#N)[C@@]3(C)CC[C@@H]2[C@@]2(C)CC[C@@H](O)C[C@@H]12. The highest BCUT2D eigenvalue weighted by molar-refractivity contribution is 5.15. The molecule has 0 aromatic carbocycles. The Morgan fingerprint density at radius 1 is 1.14 bits per heavy atom. The predicted octanol–water partition coefficient (Wildman–Crippen LogP) is 5.47. The molecule has 0 bridgehead atoms. The van der Waals surface area contributed by atoms with Crippen molar-refractivity contribution in [2.75, 3.05) is 0 Å². The second-order valence-corrected chi connectivity index (χ2v) is 11.7. The lowest BCUT2D eigenvalue weighted by Gasteiger charge is -2.65. The van der Waals surface area contributed by atoms with Crippen molar-refractivity contribution in [3.8, 4) is 6.07 Å². The summed E-state index contributed by atoms with van der Waals surface area (Å²) < 4.78 is 0. The average molecular weight is 400 g/mol. The Kier molecular flexibility index (Phi) is 5.44. The molecule has 0 aliphatic heterocycles. The molecule has 0 aromatic rings. The van der Waals surface area contributed by atoms with Crippen LogP contribution in [-0.4, -0.2) is 21.9 Å². The number of hydrogen-bond acceptors (Lipinski definition) is 3. The van der Waals surface area contributed by atoms with E-state index in [9.17, 15) is 15.5 Å². The van der Waals surface area contributed by atoms with Crippen molar-refractivity contribution in [2.24, 2.45) is 46.3 Å². The minimum Gasteiger partial charge on any atom is -0.393 e. The zero-order valence-corrected chi connectivity index (χ0v) is 18.7. The van der Waals surface area contributed by atoms with Gasteiger partial charge in [0.05, 0.1) is 17.8 Å². The van der Waals surface area contributed by atoms with E-state index in [1.54, 1.807) is 0 Å². The van der Waals surface area contributed by atoms with Crippen molar-refractivity contribution in [2.45, 2.75) is 96.7 Å². The van der Waals surface area contributed by atoms with Crippen LogP contribution in [0.15, 0.2) is 12.7 Å². The number of rotatable bonds is 4. The molecule has 3 heteroatoms. The molecule has 0 heterocycles. The number of nitrogens with zero attached hydrogens (tertiary/aromatic N) is 1. The smallest absolute Gasteiger partial charge is 0.0719 e. The first-order valence-corrected chi connectivity index (χ1v) is 12.1. The fraction of sp³-hybridized carbons (Fsp3) is 0.885. The Bertz CT molecular complexity index is 685. The van der Waals surface area contributed by atoms with Gasteiger partial charge in [0.25, 0.3) is 0 Å². The summed E-state index contributed by atoms with van der Waals surface area (Å²) >= 11 is 0. The van der Waals surface area contributed by atoms with Gasteiger partial charge in [0.1, 0.15) is 0 Å². The lowest BCUT2D eigenvalue weighted by atomic mass is 9.41. The normalized spacial score (nSPS) is 52.6. The van der Waals surface area contributed by atoms with Crippen molar-refractivity contribution in [1.29, 1.82) is 5.26 Å². The maximum Gasteiger partial charge on any atom is 0.0719 e. The molecule has 0 saturated heterocycles. The molecule has 0 radical (unpaired) electrons. The molecule has 162 valence electrons. The summed E-state index contributed by atoms with van der Waals surface area (Å²) in [5.41, 5.74) is -0.296. The molecular weight excluding hydrogens is 358 g/mol. The molecule has 3 nitrogen and oxygen atoms in total. The Morgan fingerprint density at radius 3 is 2.52 bits per heavy atom. The fourth-order valence-electron chi connectivity index (χ4n) is 9.27. The van der Waals surface area contributed by atoms with Gasteiger partial charge in [-0.25, -0.2) is 0 Å². The lowest BCUT2D eigenvalue weighted by molar-refractivity contribution is -0.215. The molecule has 4 aliphatic rings. The summed E-state index contributed by atoms with van der Waals surface area (Å²) in [7, 11) is 0. The third kappa shape index (κ3) is 3.12. The minimum absolute atomic E-state index is 0.123. The van der Waals surface area contributed by atoms with Crippen molar-refractivity contribution >= 4 is 0 Å². The van der Waals surface area contributed by atoms with Crippen LogP contribution >= 0.6 is 0 Å². The van der Waals surface area contributed by atoms with E-state index in [-0.39, 0.29) is 17.4 Å². The summed E-state index contributed by atoms with van der Waals surface area (Å²) in [6.07, 6.45) is 11.5. The number of hydrogen-bond donors (Lipinski definition) is 2. The predicted molar refractivity (Wildman–Crippen MR) is 116 cm³/mol. The molecule has 10 atom stereocenters. The molecule has 4 rings (SSSR count). The molecule has 4 saturated carbocycles. The largest absolute Gasteiger partial charge is 0.393 e. The molecule has 0 amide bonds. The third-order valence-corrected chi connectivity index (χ3v) is 10.5. The van der Waals surface area contributed by atoms with Gasteiger partial charge in [0, 0.05) is 6.42 Å². The summed E-state index contributed by atoms with van der Waals surface area (Å²) in [6, 6.07) is 2.42. The topological polar surface area (TPSA) is 64.2 Å². The minimum atomic E-state index is -0.728. The van der Waals surface area contributed by atoms with Gasteiger partial charge in [-0.3, -0.25) is 0 Å². The van der Waals surface area contributed by atoms with Gasteiger partial charge in [-0.05, 0) is 104 Å². The van der Waals surface area contributed by atoms with Crippen LogP contribution in [0.4, 0.5) is 0 Å². The third-order valence-electron chi connectivity index (χ3n) is 10.5. The molecule has 2 N–H and O–H groups in total. The second kappa shape index (κ2) is 7.38. The van der Waals surface area contributed by atoms with Gasteiger partial charge in [-0.1, -0.05) is 26.8 Å². The van der Waals surface area contributed by atoms with Crippen LogP contribution in [-0.2, 0) is 0 Å². The highest BCUT2D eigenvalue weighted by Crippen LogP contribution is 2.70. The van der Waals surface area contributed by atoms with E-state index < -0.39 is 5.60 Å². The number of fused-ring (bicyclic) bond motifs is 5. The van der Waals surface area contributed by atoms with E-state index >= 15 is 0 Å². The van der Waals surface area contributed by atoms with Crippen molar-refractivity contribution in [3.63, 3.8) is 0 Å². The monoisotopic (exact) mass is 399 g/mol. The van der Waals surface area contributed by atoms with Crippen LogP contribution in [0, 0.1) is 57.7 Å². The Morgan fingerprint density at radius 2 is 1.83 bits per heavy atom. The van der Waals surface area contributed by atoms with Crippen LogP contribution in [0.2, 0.25) is 0 Å². The molecule has 4 fully saturated rings. The van der Waals surface area contributed by atoms with Crippen LogP contribution in [0.1, 0.15) is 85.0 Å². The Labute approximate surface area is 177 Å². The molecule has 29 heavy (non-hydrogen) atoms. The van der Waals surface area contributed by atoms with E-state index in [2.05, 4.69) is 33.4 Å². The number of aliphatic hydroxyl groups excluding tert-OH is 1. The van der Waals surface area contributed by atoms with Gasteiger partial charge in [-0.2, -0.15) is 5.26 Å². The highest BCUT2D eigenvalue weighted by Gasteiger charge is 2.65. The zero-order valence-electron chi connectivity index (χ0n) is 18.7.